The molecule has 0 aliphatic rings. The summed E-state index contributed by atoms with van der Waals surface area (Å²) in [5.74, 6) is 0. The highest BCUT2D eigenvalue weighted by Crippen LogP contribution is 2.43. The third-order valence-corrected chi connectivity index (χ3v) is 2.52. The van der Waals surface area contributed by atoms with Crippen molar-refractivity contribution in [2.75, 3.05) is 34.3 Å². The minimum Gasteiger partial charge on any atom is -0.329 e. The highest BCUT2D eigenvalue weighted by molar-refractivity contribution is 7.47. The Hall–Kier alpha value is -0.230. The second kappa shape index (κ2) is 5.75. The summed E-state index contributed by atoms with van der Waals surface area (Å²) in [7, 11) is 1.78. The minimum atomic E-state index is -4.06. The zero-order chi connectivity index (χ0) is 12.1. The van der Waals surface area contributed by atoms with Gasteiger partial charge in [0.05, 0.1) is 21.1 Å². The molecule has 0 spiro atoms. The van der Waals surface area contributed by atoms with Gasteiger partial charge in [-0.1, -0.05) is 6.58 Å². The number of likely N-dealkylation sites (N-methyl/N-ethyl adjacent to an activating group) is 1. The Balaban J connectivity index is 3.95. The van der Waals surface area contributed by atoms with E-state index in [2.05, 4.69) is 11.1 Å². The van der Waals surface area contributed by atoms with Crippen molar-refractivity contribution < 1.29 is 23.0 Å². The Bertz CT molecular complexity index is 252. The van der Waals surface area contributed by atoms with Crippen LogP contribution in [0.3, 0.4) is 0 Å². The molecule has 2 unspecified atom stereocenters. The third kappa shape index (κ3) is 8.74. The quantitative estimate of drug-likeness (QED) is 0.289. The van der Waals surface area contributed by atoms with Gasteiger partial charge in [-0.2, -0.15) is 0 Å². The molecule has 0 saturated carbocycles. The molecule has 0 aromatic rings. The summed E-state index contributed by atoms with van der Waals surface area (Å²) in [4.78, 5) is 9.19. The first-order valence-corrected chi connectivity index (χ1v) is 6.00. The molecule has 3 N–H and O–H groups in total. The van der Waals surface area contributed by atoms with E-state index in [0.29, 0.717) is 11.0 Å². The summed E-state index contributed by atoms with van der Waals surface area (Å²) in [6, 6.07) is 0. The normalized spacial score (nSPS) is 18.2. The van der Waals surface area contributed by atoms with E-state index in [9.17, 15) is 9.46 Å². The lowest BCUT2D eigenvalue weighted by Crippen LogP contribution is -2.37. The van der Waals surface area contributed by atoms with Crippen LogP contribution in [0.1, 0.15) is 0 Å². The third-order valence-electron chi connectivity index (χ3n) is 1.50. The van der Waals surface area contributed by atoms with Gasteiger partial charge in [0.1, 0.15) is 19.4 Å². The lowest BCUT2D eigenvalue weighted by molar-refractivity contribution is -0.870. The largest absolute Gasteiger partial charge is 0.474 e. The van der Waals surface area contributed by atoms with E-state index >= 15 is 0 Å². The van der Waals surface area contributed by atoms with Crippen molar-refractivity contribution in [1.82, 2.24) is 0 Å². The van der Waals surface area contributed by atoms with Crippen LogP contribution in [-0.2, 0) is 13.6 Å². The summed E-state index contributed by atoms with van der Waals surface area (Å²) in [5.41, 5.74) is 5.26. The van der Waals surface area contributed by atoms with Crippen LogP contribution in [0.4, 0.5) is 0 Å². The molecule has 0 rings (SSSR count). The summed E-state index contributed by atoms with van der Waals surface area (Å²) in [5, 5.41) is 0. The maximum absolute atomic E-state index is 11.2. The van der Waals surface area contributed by atoms with Gasteiger partial charge >= 0.3 is 7.82 Å². The number of rotatable bonds is 7. The van der Waals surface area contributed by atoms with Crippen LogP contribution < -0.4 is 5.73 Å². The van der Waals surface area contributed by atoms with Crippen LogP contribution in [0.2, 0.25) is 0 Å². The molecule has 0 bridgehead atoms. The van der Waals surface area contributed by atoms with E-state index < -0.39 is 14.1 Å². The lowest BCUT2D eigenvalue weighted by Gasteiger charge is -2.24. The molecule has 0 heterocycles. The SMILES string of the molecule is C=CC(N)OP(=O)(O)OCC[N+](C)(C)C. The molecule has 0 aromatic heterocycles. The topological polar surface area (TPSA) is 81.8 Å². The van der Waals surface area contributed by atoms with Gasteiger partial charge < -0.3 is 15.1 Å². The van der Waals surface area contributed by atoms with Crippen molar-refractivity contribution >= 4 is 7.82 Å². The molecule has 0 aromatic carbocycles. The maximum Gasteiger partial charge on any atom is 0.474 e. The molecule has 90 valence electrons. The fraction of sp³-hybridized carbons (Fsp3) is 0.750. The van der Waals surface area contributed by atoms with Crippen molar-refractivity contribution in [2.45, 2.75) is 6.23 Å². The van der Waals surface area contributed by atoms with Crippen molar-refractivity contribution in [3.05, 3.63) is 12.7 Å². The summed E-state index contributed by atoms with van der Waals surface area (Å²) >= 11 is 0. The summed E-state index contributed by atoms with van der Waals surface area (Å²) in [6.07, 6.45) is 0.219. The molecule has 0 aliphatic carbocycles. The Morgan fingerprint density at radius 3 is 2.53 bits per heavy atom. The fourth-order valence-corrected chi connectivity index (χ4v) is 1.42. The molecule has 0 aliphatic heterocycles. The first-order chi connectivity index (χ1) is 6.66. The number of nitrogens with zero attached hydrogens (tertiary/aromatic N) is 1. The predicted molar refractivity (Wildman–Crippen MR) is 57.9 cm³/mol. The van der Waals surface area contributed by atoms with Gasteiger partial charge in [0, 0.05) is 0 Å². The standard InChI is InChI=1S/C8H19N2O4P/c1-5-8(9)14-15(11,12)13-7-6-10(2,3)4/h5,8H,1,6-7,9H2,2-4H3/p+1. The fourth-order valence-electron chi connectivity index (χ4n) is 0.657. The van der Waals surface area contributed by atoms with Gasteiger partial charge in [-0.3, -0.25) is 9.05 Å². The van der Waals surface area contributed by atoms with E-state index in [-0.39, 0.29) is 6.61 Å². The molecule has 6 nitrogen and oxygen atoms in total. The highest BCUT2D eigenvalue weighted by atomic mass is 31.2. The van der Waals surface area contributed by atoms with Gasteiger partial charge in [0.25, 0.3) is 0 Å². The number of hydrogen-bond donors (Lipinski definition) is 2. The van der Waals surface area contributed by atoms with E-state index in [1.807, 2.05) is 21.1 Å². The second-order valence-corrected chi connectivity index (χ2v) is 5.53. The summed E-state index contributed by atoms with van der Waals surface area (Å²) in [6.45, 7) is 4.04. The minimum absolute atomic E-state index is 0.126. The Kier molecular flexibility index (Phi) is 5.66. The van der Waals surface area contributed by atoms with E-state index in [1.54, 1.807) is 0 Å². The maximum atomic E-state index is 11.2. The Morgan fingerprint density at radius 2 is 2.13 bits per heavy atom. The zero-order valence-corrected chi connectivity index (χ0v) is 10.3. The number of phosphoric acid groups is 1. The lowest BCUT2D eigenvalue weighted by atomic mass is 10.5. The molecule has 7 heteroatoms. The van der Waals surface area contributed by atoms with Gasteiger partial charge in [0.2, 0.25) is 0 Å². The van der Waals surface area contributed by atoms with Crippen LogP contribution in [-0.4, -0.2) is 49.9 Å². The van der Waals surface area contributed by atoms with Crippen molar-refractivity contribution in [1.29, 1.82) is 0 Å². The number of phosphoric ester groups is 1. The number of quaternary nitrogens is 1. The van der Waals surface area contributed by atoms with E-state index in [4.69, 9.17) is 10.3 Å². The van der Waals surface area contributed by atoms with Crippen molar-refractivity contribution in [3.8, 4) is 0 Å². The molecule has 0 fully saturated rings. The first kappa shape index (κ1) is 14.8. The highest BCUT2D eigenvalue weighted by Gasteiger charge is 2.24. The van der Waals surface area contributed by atoms with Crippen LogP contribution in [0.25, 0.3) is 0 Å². The van der Waals surface area contributed by atoms with Crippen molar-refractivity contribution in [3.63, 3.8) is 0 Å². The second-order valence-electron chi connectivity index (χ2n) is 4.12. The molecule has 15 heavy (non-hydrogen) atoms. The molecule has 0 amide bonds. The Morgan fingerprint density at radius 1 is 1.60 bits per heavy atom. The number of hydrogen-bond acceptors (Lipinski definition) is 4. The average Bonchev–Trinajstić information content (AvgIpc) is 2.00. The van der Waals surface area contributed by atoms with Gasteiger partial charge in [-0.15, -0.1) is 0 Å². The monoisotopic (exact) mass is 239 g/mol. The van der Waals surface area contributed by atoms with Crippen LogP contribution in [0.5, 0.6) is 0 Å². The van der Waals surface area contributed by atoms with Gasteiger partial charge in [-0.05, 0) is 6.08 Å². The molecule has 0 radical (unpaired) electrons. The number of nitrogens with two attached hydrogens (primary N) is 1. The van der Waals surface area contributed by atoms with E-state index in [0.717, 1.165) is 0 Å². The van der Waals surface area contributed by atoms with Crippen LogP contribution in [0.15, 0.2) is 12.7 Å². The molecule has 0 saturated heterocycles. The molecule has 2 atom stereocenters. The first-order valence-electron chi connectivity index (χ1n) is 4.50. The van der Waals surface area contributed by atoms with Crippen molar-refractivity contribution in [2.24, 2.45) is 5.73 Å². The smallest absolute Gasteiger partial charge is 0.329 e. The van der Waals surface area contributed by atoms with Crippen LogP contribution >= 0.6 is 7.82 Å². The van der Waals surface area contributed by atoms with Gasteiger partial charge in [0.15, 0.2) is 0 Å². The van der Waals surface area contributed by atoms with Crippen LogP contribution in [0, 0.1) is 0 Å². The summed E-state index contributed by atoms with van der Waals surface area (Å²) < 4.78 is 21.1. The predicted octanol–water partition coefficient (Wildman–Crippen LogP) is 0.297. The Labute approximate surface area is 90.5 Å². The zero-order valence-electron chi connectivity index (χ0n) is 9.42. The van der Waals surface area contributed by atoms with E-state index in [1.165, 1.54) is 6.08 Å². The molecular formula is C8H20N2O4P+. The molecular weight excluding hydrogens is 219 g/mol. The average molecular weight is 239 g/mol. The van der Waals surface area contributed by atoms with Gasteiger partial charge in [-0.25, -0.2) is 4.57 Å².